The van der Waals surface area contributed by atoms with Crippen LogP contribution in [0.2, 0.25) is 0 Å². The highest BCUT2D eigenvalue weighted by Crippen LogP contribution is 2.47. The van der Waals surface area contributed by atoms with Gasteiger partial charge in [0.05, 0.1) is 10.6 Å². The number of thiazole rings is 1. The molecule has 108 valence electrons. The molecule has 3 rings (SSSR count). The van der Waals surface area contributed by atoms with Gasteiger partial charge in [0, 0.05) is 17.1 Å². The van der Waals surface area contributed by atoms with Crippen molar-refractivity contribution in [2.45, 2.75) is 44.5 Å². The van der Waals surface area contributed by atoms with Gasteiger partial charge in [0.1, 0.15) is 6.04 Å². The lowest BCUT2D eigenvalue weighted by molar-refractivity contribution is -0.135. The largest absolute Gasteiger partial charge is 0.315 e. The maximum Gasteiger partial charge on any atom is 0.249 e. The Morgan fingerprint density at radius 1 is 1.50 bits per heavy atom. The van der Waals surface area contributed by atoms with Crippen LogP contribution in [0.15, 0.2) is 0 Å². The van der Waals surface area contributed by atoms with Gasteiger partial charge in [-0.15, -0.1) is 23.1 Å². The summed E-state index contributed by atoms with van der Waals surface area (Å²) < 4.78 is 0. The Hall–Kier alpha value is -1.08. The van der Waals surface area contributed by atoms with E-state index >= 15 is 0 Å². The summed E-state index contributed by atoms with van der Waals surface area (Å²) in [5.41, 5.74) is 0.938. The van der Waals surface area contributed by atoms with Crippen molar-refractivity contribution in [3.8, 4) is 0 Å². The molecule has 20 heavy (non-hydrogen) atoms. The first-order valence-electron chi connectivity index (χ1n) is 6.62. The van der Waals surface area contributed by atoms with Gasteiger partial charge in [-0.1, -0.05) is 0 Å². The van der Waals surface area contributed by atoms with E-state index in [9.17, 15) is 9.59 Å². The monoisotopic (exact) mass is 311 g/mol. The number of rotatable bonds is 2. The molecule has 1 aromatic rings. The Morgan fingerprint density at radius 2 is 2.25 bits per heavy atom. The molecule has 2 atom stereocenters. The smallest absolute Gasteiger partial charge is 0.249 e. The predicted molar refractivity (Wildman–Crippen MR) is 80.9 cm³/mol. The van der Waals surface area contributed by atoms with Gasteiger partial charge in [-0.3, -0.25) is 9.59 Å². The van der Waals surface area contributed by atoms with Crippen LogP contribution < -0.4 is 5.32 Å². The minimum absolute atomic E-state index is 0.0872. The molecule has 3 heterocycles. The van der Waals surface area contributed by atoms with Crippen molar-refractivity contribution < 1.29 is 9.59 Å². The third kappa shape index (κ3) is 2.13. The van der Waals surface area contributed by atoms with Crippen LogP contribution in [0.3, 0.4) is 0 Å². The molecule has 0 aliphatic carbocycles. The average Bonchev–Trinajstić information content (AvgIpc) is 2.96. The van der Waals surface area contributed by atoms with Crippen LogP contribution in [0.5, 0.6) is 0 Å². The predicted octanol–water partition coefficient (Wildman–Crippen LogP) is 2.15. The lowest BCUT2D eigenvalue weighted by Crippen LogP contribution is -2.48. The average molecular weight is 311 g/mol. The molecule has 1 N–H and O–H groups in total. The summed E-state index contributed by atoms with van der Waals surface area (Å²) in [5, 5.41) is 3.48. The highest BCUT2D eigenvalue weighted by atomic mass is 32.2. The van der Waals surface area contributed by atoms with E-state index in [0.717, 1.165) is 17.0 Å². The number of hydrogen-bond donors (Lipinski definition) is 1. The summed E-state index contributed by atoms with van der Waals surface area (Å²) >= 11 is 3.17. The number of aryl methyl sites for hydroxylation is 2. The molecule has 7 heteroatoms. The molecule has 2 fully saturated rings. The summed E-state index contributed by atoms with van der Waals surface area (Å²) in [6.07, 6.45) is 1.37. The number of anilines is 1. The van der Waals surface area contributed by atoms with Crippen molar-refractivity contribution in [1.29, 1.82) is 0 Å². The summed E-state index contributed by atoms with van der Waals surface area (Å²) in [7, 11) is 0. The molecule has 0 spiro atoms. The number of nitrogens with one attached hydrogen (secondary N) is 1. The van der Waals surface area contributed by atoms with Crippen molar-refractivity contribution in [1.82, 2.24) is 9.88 Å². The van der Waals surface area contributed by atoms with Crippen molar-refractivity contribution in [2.24, 2.45) is 0 Å². The molecular formula is C13H17N3O2S2. The number of nitrogens with zero attached hydrogens (tertiary/aromatic N) is 2. The van der Waals surface area contributed by atoms with Crippen LogP contribution >= 0.6 is 23.1 Å². The Labute approximate surface area is 126 Å². The number of amides is 2. The van der Waals surface area contributed by atoms with Crippen molar-refractivity contribution >= 4 is 40.0 Å². The van der Waals surface area contributed by atoms with Gasteiger partial charge in [-0.2, -0.15) is 0 Å². The maximum absolute atomic E-state index is 12.4. The van der Waals surface area contributed by atoms with E-state index in [2.05, 4.69) is 10.3 Å². The summed E-state index contributed by atoms with van der Waals surface area (Å²) in [6, 6.07) is -0.371. The van der Waals surface area contributed by atoms with Gasteiger partial charge >= 0.3 is 0 Å². The molecule has 1 aromatic heterocycles. The highest BCUT2D eigenvalue weighted by Gasteiger charge is 2.52. The van der Waals surface area contributed by atoms with Gasteiger partial charge in [0.25, 0.3) is 0 Å². The molecule has 0 bridgehead atoms. The quantitative estimate of drug-likeness (QED) is 0.909. The molecule has 2 aliphatic heterocycles. The second-order valence-electron chi connectivity index (χ2n) is 5.42. The molecule has 0 aromatic carbocycles. The SMILES string of the molecule is Cc1nc(NC(=O)[C@H]2CS[C@]3(C)CCC(=O)N23)sc1C. The lowest BCUT2D eigenvalue weighted by atomic mass is 10.2. The van der Waals surface area contributed by atoms with Gasteiger partial charge in [-0.25, -0.2) is 4.98 Å². The molecule has 2 saturated heterocycles. The molecule has 0 radical (unpaired) electrons. The molecule has 2 aliphatic rings. The van der Waals surface area contributed by atoms with Gasteiger partial charge in [0.15, 0.2) is 5.13 Å². The van der Waals surface area contributed by atoms with E-state index in [1.54, 1.807) is 16.7 Å². The fourth-order valence-electron chi connectivity index (χ4n) is 2.73. The molecular weight excluding hydrogens is 294 g/mol. The van der Waals surface area contributed by atoms with Gasteiger partial charge < -0.3 is 10.2 Å². The fraction of sp³-hybridized carbons (Fsp3) is 0.615. The zero-order valence-corrected chi connectivity index (χ0v) is 13.4. The minimum atomic E-state index is -0.371. The second kappa shape index (κ2) is 4.73. The molecule has 0 saturated carbocycles. The first-order valence-corrected chi connectivity index (χ1v) is 8.42. The summed E-state index contributed by atoms with van der Waals surface area (Å²) in [5.74, 6) is 0.631. The Bertz CT molecular complexity index is 567. The third-order valence-electron chi connectivity index (χ3n) is 4.01. The zero-order chi connectivity index (χ0) is 14.5. The zero-order valence-electron chi connectivity index (χ0n) is 11.7. The Balaban J connectivity index is 1.76. The Kier molecular flexibility index (Phi) is 3.29. The summed E-state index contributed by atoms with van der Waals surface area (Å²) in [6.45, 7) is 5.96. The standard InChI is InChI=1S/C13H17N3O2S2/c1-7-8(2)20-12(14-7)15-11(18)9-6-19-13(3)5-4-10(17)16(9)13/h9H,4-6H2,1-3H3,(H,14,15,18)/t9-,13-/m1/s1. The van der Waals surface area contributed by atoms with Crippen LogP contribution in [0.4, 0.5) is 5.13 Å². The maximum atomic E-state index is 12.4. The first-order chi connectivity index (χ1) is 9.40. The number of hydrogen-bond acceptors (Lipinski definition) is 5. The number of thioether (sulfide) groups is 1. The van der Waals surface area contributed by atoms with Crippen LogP contribution in [0, 0.1) is 13.8 Å². The normalized spacial score (nSPS) is 28.9. The topological polar surface area (TPSA) is 62.3 Å². The van der Waals surface area contributed by atoms with E-state index in [-0.39, 0.29) is 22.7 Å². The summed E-state index contributed by atoms with van der Waals surface area (Å²) in [4.78, 5) is 31.4. The Morgan fingerprint density at radius 3 is 2.90 bits per heavy atom. The molecule has 0 unspecified atom stereocenters. The van der Waals surface area contributed by atoms with E-state index in [0.29, 0.717) is 17.3 Å². The number of carbonyl (C=O) groups is 2. The second-order valence-corrected chi connectivity index (χ2v) is 8.12. The molecule has 2 amide bonds. The fourth-order valence-corrected chi connectivity index (χ4v) is 4.98. The lowest BCUT2D eigenvalue weighted by Gasteiger charge is -2.29. The van der Waals surface area contributed by atoms with Crippen LogP contribution in [-0.4, -0.2) is 38.4 Å². The van der Waals surface area contributed by atoms with Crippen LogP contribution in [-0.2, 0) is 9.59 Å². The number of aromatic nitrogens is 1. The number of carbonyl (C=O) groups excluding carboxylic acids is 2. The van der Waals surface area contributed by atoms with Gasteiger partial charge in [-0.05, 0) is 27.2 Å². The van der Waals surface area contributed by atoms with Crippen molar-refractivity contribution in [3.05, 3.63) is 10.6 Å². The van der Waals surface area contributed by atoms with Crippen LogP contribution in [0.25, 0.3) is 0 Å². The van der Waals surface area contributed by atoms with E-state index < -0.39 is 0 Å². The van der Waals surface area contributed by atoms with E-state index in [1.165, 1.54) is 11.3 Å². The minimum Gasteiger partial charge on any atom is -0.315 e. The molecule has 5 nitrogen and oxygen atoms in total. The highest BCUT2D eigenvalue weighted by molar-refractivity contribution is 8.01. The van der Waals surface area contributed by atoms with E-state index in [1.807, 2.05) is 20.8 Å². The van der Waals surface area contributed by atoms with E-state index in [4.69, 9.17) is 0 Å². The van der Waals surface area contributed by atoms with Crippen molar-refractivity contribution in [3.63, 3.8) is 0 Å². The van der Waals surface area contributed by atoms with Crippen molar-refractivity contribution in [2.75, 3.05) is 11.1 Å². The first kappa shape index (κ1) is 13.9. The number of fused-ring (bicyclic) bond motifs is 1. The van der Waals surface area contributed by atoms with Crippen LogP contribution in [0.1, 0.15) is 30.3 Å². The third-order valence-corrected chi connectivity index (χ3v) is 6.50. The van der Waals surface area contributed by atoms with Gasteiger partial charge in [0.2, 0.25) is 11.8 Å².